The second kappa shape index (κ2) is 6.52. The Bertz CT molecular complexity index is 564. The van der Waals surface area contributed by atoms with Gasteiger partial charge in [0.05, 0.1) is 18.9 Å². The first kappa shape index (κ1) is 14.5. The van der Waals surface area contributed by atoms with Crippen LogP contribution in [0.4, 0.5) is 0 Å². The fourth-order valence-corrected chi connectivity index (χ4v) is 2.15. The third-order valence-electron chi connectivity index (χ3n) is 3.03. The smallest absolute Gasteiger partial charge is 0.145 e. The van der Waals surface area contributed by atoms with E-state index in [0.29, 0.717) is 12.3 Å². The van der Waals surface area contributed by atoms with E-state index in [9.17, 15) is 5.11 Å². The Labute approximate surface area is 119 Å². The van der Waals surface area contributed by atoms with Gasteiger partial charge < -0.3 is 9.84 Å². The van der Waals surface area contributed by atoms with Crippen molar-refractivity contribution in [2.24, 2.45) is 0 Å². The molecule has 0 unspecified atom stereocenters. The zero-order chi connectivity index (χ0) is 14.5. The molecule has 0 aliphatic heterocycles. The summed E-state index contributed by atoms with van der Waals surface area (Å²) >= 11 is 0. The van der Waals surface area contributed by atoms with Gasteiger partial charge in [-0.2, -0.15) is 0 Å². The predicted octanol–water partition coefficient (Wildman–Crippen LogP) is 2.67. The minimum absolute atomic E-state index is 0.106. The first-order valence-electron chi connectivity index (χ1n) is 6.96. The third kappa shape index (κ3) is 2.82. The zero-order valence-corrected chi connectivity index (χ0v) is 12.2. The topological polar surface area (TPSA) is 60.2 Å². The second-order valence-corrected chi connectivity index (χ2v) is 4.96. The summed E-state index contributed by atoms with van der Waals surface area (Å²) in [5.41, 5.74) is 2.39. The van der Waals surface area contributed by atoms with Gasteiger partial charge in [-0.1, -0.05) is 38.1 Å². The number of hydrogen-bond donors (Lipinski definition) is 1. The Hall–Kier alpha value is -1.88. The molecular weight excluding hydrogens is 254 g/mol. The van der Waals surface area contributed by atoms with E-state index in [2.05, 4.69) is 31.1 Å². The fourth-order valence-electron chi connectivity index (χ4n) is 2.15. The molecule has 0 atom stereocenters. The molecule has 0 saturated heterocycles. The van der Waals surface area contributed by atoms with Crippen molar-refractivity contribution in [2.75, 3.05) is 6.61 Å². The van der Waals surface area contributed by atoms with Crippen LogP contribution >= 0.6 is 0 Å². The van der Waals surface area contributed by atoms with Gasteiger partial charge in [-0.15, -0.1) is 5.10 Å². The maximum atomic E-state index is 9.39. The summed E-state index contributed by atoms with van der Waals surface area (Å²) < 4.78 is 7.53. The second-order valence-electron chi connectivity index (χ2n) is 4.96. The molecule has 1 heterocycles. The number of para-hydroxylation sites is 2. The molecule has 0 aliphatic rings. The number of hydrogen-bond acceptors (Lipinski definition) is 4. The normalized spacial score (nSPS) is 11.1. The number of nitrogens with zero attached hydrogens (tertiary/aromatic N) is 3. The van der Waals surface area contributed by atoms with Gasteiger partial charge in [0.15, 0.2) is 0 Å². The number of aromatic nitrogens is 3. The Morgan fingerprint density at radius 2 is 2.05 bits per heavy atom. The molecule has 1 aromatic carbocycles. The van der Waals surface area contributed by atoms with Gasteiger partial charge in [-0.3, -0.25) is 0 Å². The van der Waals surface area contributed by atoms with Crippen molar-refractivity contribution in [3.05, 3.63) is 35.7 Å². The van der Waals surface area contributed by atoms with E-state index in [-0.39, 0.29) is 12.5 Å². The minimum Gasteiger partial charge on any atom is -0.491 e. The molecule has 0 fully saturated rings. The Morgan fingerprint density at radius 1 is 1.30 bits per heavy atom. The largest absolute Gasteiger partial charge is 0.491 e. The minimum atomic E-state index is -0.106. The van der Waals surface area contributed by atoms with Gasteiger partial charge >= 0.3 is 0 Å². The lowest BCUT2D eigenvalue weighted by atomic mass is 10.1. The summed E-state index contributed by atoms with van der Waals surface area (Å²) in [6.45, 7) is 6.75. The summed E-state index contributed by atoms with van der Waals surface area (Å²) in [5.74, 6) is 0.997. The SMILES string of the molecule is CCCOc1ccccc1-n1nnc(CO)c1C(C)C. The van der Waals surface area contributed by atoms with Gasteiger partial charge in [0.2, 0.25) is 0 Å². The molecule has 0 amide bonds. The Balaban J connectivity index is 2.48. The van der Waals surface area contributed by atoms with E-state index >= 15 is 0 Å². The number of ether oxygens (including phenoxy) is 1. The average Bonchev–Trinajstić information content (AvgIpc) is 2.89. The van der Waals surface area contributed by atoms with Crippen LogP contribution in [0.15, 0.2) is 24.3 Å². The molecule has 20 heavy (non-hydrogen) atoms. The first-order chi connectivity index (χ1) is 9.69. The molecule has 1 N–H and O–H groups in total. The molecule has 1 aromatic heterocycles. The summed E-state index contributed by atoms with van der Waals surface area (Å²) in [5, 5.41) is 17.6. The summed E-state index contributed by atoms with van der Waals surface area (Å²) in [6, 6.07) is 7.76. The quantitative estimate of drug-likeness (QED) is 0.880. The van der Waals surface area contributed by atoms with E-state index in [1.165, 1.54) is 0 Å². The molecule has 0 spiro atoms. The lowest BCUT2D eigenvalue weighted by molar-refractivity contribution is 0.275. The standard InChI is InChI=1S/C15H21N3O2/c1-4-9-20-14-8-6-5-7-13(14)18-15(11(2)3)12(10-19)16-17-18/h5-8,11,19H,4,9-10H2,1-3H3. The molecule has 0 radical (unpaired) electrons. The number of benzene rings is 1. The van der Waals surface area contributed by atoms with Crippen LogP contribution in [0.2, 0.25) is 0 Å². The van der Waals surface area contributed by atoms with E-state index in [1.807, 2.05) is 24.3 Å². The van der Waals surface area contributed by atoms with Gasteiger partial charge in [-0.05, 0) is 24.5 Å². The zero-order valence-electron chi connectivity index (χ0n) is 12.2. The monoisotopic (exact) mass is 275 g/mol. The third-order valence-corrected chi connectivity index (χ3v) is 3.03. The van der Waals surface area contributed by atoms with Crippen molar-refractivity contribution in [2.45, 2.75) is 39.7 Å². The number of aliphatic hydroxyl groups excluding tert-OH is 1. The Morgan fingerprint density at radius 3 is 2.70 bits per heavy atom. The van der Waals surface area contributed by atoms with Crippen molar-refractivity contribution in [3.63, 3.8) is 0 Å². The van der Waals surface area contributed by atoms with Gasteiger partial charge in [0.1, 0.15) is 17.1 Å². The van der Waals surface area contributed by atoms with Crippen LogP contribution in [0.25, 0.3) is 5.69 Å². The summed E-state index contributed by atoms with van der Waals surface area (Å²) in [7, 11) is 0. The highest BCUT2D eigenvalue weighted by Gasteiger charge is 2.18. The summed E-state index contributed by atoms with van der Waals surface area (Å²) in [6.07, 6.45) is 0.949. The highest BCUT2D eigenvalue weighted by molar-refractivity contribution is 5.47. The fraction of sp³-hybridized carbons (Fsp3) is 0.467. The van der Waals surface area contributed by atoms with E-state index in [4.69, 9.17) is 4.74 Å². The average molecular weight is 275 g/mol. The molecule has 0 aliphatic carbocycles. The van der Waals surface area contributed by atoms with Crippen LogP contribution < -0.4 is 4.74 Å². The molecule has 0 saturated carbocycles. The van der Waals surface area contributed by atoms with Crippen LogP contribution in [0.1, 0.15) is 44.5 Å². The molecule has 2 rings (SSSR count). The van der Waals surface area contributed by atoms with Gasteiger partial charge in [0.25, 0.3) is 0 Å². The van der Waals surface area contributed by atoms with Gasteiger partial charge in [0, 0.05) is 0 Å². The van der Waals surface area contributed by atoms with Crippen LogP contribution in [0, 0.1) is 0 Å². The van der Waals surface area contributed by atoms with E-state index < -0.39 is 0 Å². The number of aliphatic hydroxyl groups is 1. The molecule has 0 bridgehead atoms. The molecular formula is C15H21N3O2. The van der Waals surface area contributed by atoms with Crippen LogP contribution in [0.5, 0.6) is 5.75 Å². The van der Waals surface area contributed by atoms with Crippen molar-refractivity contribution < 1.29 is 9.84 Å². The van der Waals surface area contributed by atoms with Crippen molar-refractivity contribution in [3.8, 4) is 11.4 Å². The first-order valence-corrected chi connectivity index (χ1v) is 6.96. The number of rotatable bonds is 6. The van der Waals surface area contributed by atoms with Gasteiger partial charge in [-0.25, -0.2) is 4.68 Å². The highest BCUT2D eigenvalue weighted by Crippen LogP contribution is 2.27. The highest BCUT2D eigenvalue weighted by atomic mass is 16.5. The van der Waals surface area contributed by atoms with E-state index in [1.54, 1.807) is 4.68 Å². The van der Waals surface area contributed by atoms with Crippen LogP contribution in [-0.2, 0) is 6.61 Å². The predicted molar refractivity (Wildman–Crippen MR) is 77.2 cm³/mol. The lowest BCUT2D eigenvalue weighted by Gasteiger charge is -2.14. The Kier molecular flexibility index (Phi) is 4.74. The molecule has 5 nitrogen and oxygen atoms in total. The molecule has 5 heteroatoms. The maximum absolute atomic E-state index is 9.39. The van der Waals surface area contributed by atoms with Crippen LogP contribution in [-0.4, -0.2) is 26.7 Å². The molecule has 108 valence electrons. The maximum Gasteiger partial charge on any atom is 0.145 e. The van der Waals surface area contributed by atoms with Crippen molar-refractivity contribution in [1.82, 2.24) is 15.0 Å². The van der Waals surface area contributed by atoms with Crippen LogP contribution in [0.3, 0.4) is 0 Å². The lowest BCUT2D eigenvalue weighted by Crippen LogP contribution is -2.08. The molecule has 2 aromatic rings. The van der Waals surface area contributed by atoms with E-state index in [0.717, 1.165) is 23.6 Å². The van der Waals surface area contributed by atoms with Crippen molar-refractivity contribution >= 4 is 0 Å². The summed E-state index contributed by atoms with van der Waals surface area (Å²) in [4.78, 5) is 0. The van der Waals surface area contributed by atoms with Crippen molar-refractivity contribution in [1.29, 1.82) is 0 Å².